The highest BCUT2D eigenvalue weighted by Crippen LogP contribution is 2.12. The predicted octanol–water partition coefficient (Wildman–Crippen LogP) is -0.996. The third-order valence-corrected chi connectivity index (χ3v) is 2.35. The van der Waals surface area contributed by atoms with Crippen LogP contribution in [0.2, 0.25) is 0 Å². The average molecular weight is 215 g/mol. The van der Waals surface area contributed by atoms with Gasteiger partial charge in [-0.25, -0.2) is 10.2 Å². The Morgan fingerprint density at radius 1 is 1.60 bits per heavy atom. The van der Waals surface area contributed by atoms with Gasteiger partial charge in [0.1, 0.15) is 6.04 Å². The van der Waals surface area contributed by atoms with Crippen molar-refractivity contribution in [3.8, 4) is 0 Å². The number of hydrazine groups is 1. The molecular weight excluding hydrogens is 198 g/mol. The van der Waals surface area contributed by atoms with E-state index in [1.54, 1.807) is 0 Å². The van der Waals surface area contributed by atoms with E-state index in [1.807, 2.05) is 0 Å². The first-order valence-corrected chi connectivity index (χ1v) is 5.04. The Labute approximate surface area is 88.7 Å². The summed E-state index contributed by atoms with van der Waals surface area (Å²) < 4.78 is 4.64. The Morgan fingerprint density at radius 2 is 2.33 bits per heavy atom. The topological polar surface area (TPSA) is 84.7 Å². The van der Waals surface area contributed by atoms with E-state index in [-0.39, 0.29) is 24.8 Å². The normalized spacial score (nSPS) is 21.2. The van der Waals surface area contributed by atoms with E-state index in [9.17, 15) is 9.59 Å². The highest BCUT2D eigenvalue weighted by atomic mass is 16.5. The lowest BCUT2D eigenvalue weighted by Gasteiger charge is -2.34. The maximum Gasteiger partial charge on any atom is 0.330 e. The fraction of sp³-hybridized carbons (Fsp3) is 0.778. The number of carbonyl (C=O) groups excluding carboxylic acids is 2. The van der Waals surface area contributed by atoms with Crippen molar-refractivity contribution in [3.63, 3.8) is 0 Å². The number of methoxy groups -OCH3 is 1. The fourth-order valence-corrected chi connectivity index (χ4v) is 1.60. The molecule has 6 nitrogen and oxygen atoms in total. The monoisotopic (exact) mass is 215 g/mol. The number of nitrogens with one attached hydrogen (secondary N) is 1. The minimum atomic E-state index is -0.511. The van der Waals surface area contributed by atoms with Crippen LogP contribution in [0.5, 0.6) is 0 Å². The van der Waals surface area contributed by atoms with Crippen LogP contribution in [0.25, 0.3) is 0 Å². The summed E-state index contributed by atoms with van der Waals surface area (Å²) in [6, 6.07) is -0.511. The van der Waals surface area contributed by atoms with E-state index in [1.165, 1.54) is 12.1 Å². The number of rotatable bonds is 3. The molecule has 1 saturated heterocycles. The molecule has 0 radical (unpaired) electrons. The van der Waals surface area contributed by atoms with Gasteiger partial charge in [-0.1, -0.05) is 0 Å². The molecule has 15 heavy (non-hydrogen) atoms. The second-order valence-electron chi connectivity index (χ2n) is 3.39. The van der Waals surface area contributed by atoms with E-state index in [2.05, 4.69) is 10.2 Å². The van der Waals surface area contributed by atoms with E-state index in [4.69, 9.17) is 5.73 Å². The van der Waals surface area contributed by atoms with Crippen molar-refractivity contribution in [2.45, 2.75) is 25.3 Å². The molecule has 0 spiro atoms. The molecule has 1 fully saturated rings. The molecule has 1 amide bonds. The number of carbonyl (C=O) groups is 2. The second-order valence-corrected chi connectivity index (χ2v) is 3.39. The van der Waals surface area contributed by atoms with Crippen molar-refractivity contribution < 1.29 is 14.3 Å². The minimum Gasteiger partial charge on any atom is -0.467 e. The van der Waals surface area contributed by atoms with Gasteiger partial charge in [-0.2, -0.15) is 0 Å². The van der Waals surface area contributed by atoms with Gasteiger partial charge in [-0.05, 0) is 12.8 Å². The van der Waals surface area contributed by atoms with Gasteiger partial charge in [0, 0.05) is 19.5 Å². The molecule has 0 unspecified atom stereocenters. The molecule has 0 aromatic carbocycles. The lowest BCUT2D eigenvalue weighted by Crippen LogP contribution is -2.56. The van der Waals surface area contributed by atoms with Crippen molar-refractivity contribution >= 4 is 11.9 Å². The number of nitrogens with zero attached hydrogens (tertiary/aromatic N) is 1. The van der Waals surface area contributed by atoms with Gasteiger partial charge in [-0.15, -0.1) is 0 Å². The first-order valence-electron chi connectivity index (χ1n) is 5.04. The fourth-order valence-electron chi connectivity index (χ4n) is 1.60. The van der Waals surface area contributed by atoms with Crippen LogP contribution in [-0.2, 0) is 14.3 Å². The number of hydrogen-bond acceptors (Lipinski definition) is 5. The second kappa shape index (κ2) is 5.67. The summed E-state index contributed by atoms with van der Waals surface area (Å²) in [7, 11) is 1.32. The molecule has 0 saturated carbocycles. The molecule has 0 bridgehead atoms. The zero-order valence-electron chi connectivity index (χ0n) is 8.86. The van der Waals surface area contributed by atoms with Gasteiger partial charge in [-0.3, -0.25) is 9.80 Å². The molecule has 3 N–H and O–H groups in total. The van der Waals surface area contributed by atoms with Gasteiger partial charge in [0.15, 0.2) is 0 Å². The minimum absolute atomic E-state index is 0.160. The third-order valence-electron chi connectivity index (χ3n) is 2.35. The molecule has 1 atom stereocenters. The quantitative estimate of drug-likeness (QED) is 0.590. The highest BCUT2D eigenvalue weighted by Gasteiger charge is 2.32. The van der Waals surface area contributed by atoms with Crippen molar-refractivity contribution in [2.75, 3.05) is 20.2 Å². The van der Waals surface area contributed by atoms with E-state index >= 15 is 0 Å². The Bertz CT molecular complexity index is 245. The molecular formula is C9H17N3O3. The van der Waals surface area contributed by atoms with Crippen LogP contribution in [-0.4, -0.2) is 43.1 Å². The average Bonchev–Trinajstić information content (AvgIpc) is 2.28. The van der Waals surface area contributed by atoms with E-state index in [0.717, 1.165) is 6.42 Å². The zero-order chi connectivity index (χ0) is 11.3. The van der Waals surface area contributed by atoms with Crippen LogP contribution >= 0.6 is 0 Å². The first-order chi connectivity index (χ1) is 7.20. The summed E-state index contributed by atoms with van der Waals surface area (Å²) in [5, 5.41) is 1.35. The molecule has 0 aromatic rings. The third kappa shape index (κ3) is 2.90. The van der Waals surface area contributed by atoms with Gasteiger partial charge in [0.05, 0.1) is 7.11 Å². The molecule has 1 rings (SSSR count). The van der Waals surface area contributed by atoms with Crippen molar-refractivity contribution in [1.29, 1.82) is 0 Å². The van der Waals surface area contributed by atoms with Crippen LogP contribution in [0.15, 0.2) is 0 Å². The summed E-state index contributed by atoms with van der Waals surface area (Å²) in [4.78, 5) is 23.0. The Hall–Kier alpha value is -1.14. The molecule has 1 heterocycles. The van der Waals surface area contributed by atoms with E-state index < -0.39 is 6.04 Å². The number of esters is 1. The lowest BCUT2D eigenvalue weighted by atomic mass is 10.1. The van der Waals surface area contributed by atoms with Gasteiger partial charge >= 0.3 is 5.97 Å². The molecule has 0 aliphatic carbocycles. The maximum atomic E-state index is 11.6. The molecule has 1 aliphatic rings. The summed E-state index contributed by atoms with van der Waals surface area (Å²) in [6.07, 6.45) is 1.72. The molecule has 6 heteroatoms. The summed E-state index contributed by atoms with van der Waals surface area (Å²) >= 11 is 0. The van der Waals surface area contributed by atoms with Gasteiger partial charge < -0.3 is 10.5 Å². The van der Waals surface area contributed by atoms with Crippen molar-refractivity contribution in [2.24, 2.45) is 5.73 Å². The number of ether oxygens (including phenoxy) is 1. The van der Waals surface area contributed by atoms with Gasteiger partial charge in [0.25, 0.3) is 0 Å². The maximum absolute atomic E-state index is 11.6. The number of nitrogens with two attached hydrogens (primary N) is 1. The summed E-state index contributed by atoms with van der Waals surface area (Å²) in [5.41, 5.74) is 8.20. The van der Waals surface area contributed by atoms with Crippen molar-refractivity contribution in [3.05, 3.63) is 0 Å². The summed E-state index contributed by atoms with van der Waals surface area (Å²) in [5.74, 6) is -0.542. The van der Waals surface area contributed by atoms with Gasteiger partial charge in [0.2, 0.25) is 5.91 Å². The largest absolute Gasteiger partial charge is 0.467 e. The van der Waals surface area contributed by atoms with E-state index in [0.29, 0.717) is 13.0 Å². The zero-order valence-corrected chi connectivity index (χ0v) is 8.86. The smallest absolute Gasteiger partial charge is 0.330 e. The van der Waals surface area contributed by atoms with Crippen LogP contribution < -0.4 is 11.2 Å². The Kier molecular flexibility index (Phi) is 4.51. The van der Waals surface area contributed by atoms with Crippen LogP contribution in [0.1, 0.15) is 19.3 Å². The molecule has 86 valence electrons. The van der Waals surface area contributed by atoms with Crippen LogP contribution in [0.3, 0.4) is 0 Å². The number of amides is 1. The summed E-state index contributed by atoms with van der Waals surface area (Å²) in [6.45, 7) is 0.981. The SMILES string of the molecule is COC(=O)[C@@H]1CCCNN1C(=O)CCN. The molecule has 1 aliphatic heterocycles. The lowest BCUT2D eigenvalue weighted by molar-refractivity contribution is -0.158. The molecule has 0 aromatic heterocycles. The van der Waals surface area contributed by atoms with Crippen LogP contribution in [0.4, 0.5) is 0 Å². The Morgan fingerprint density at radius 3 is 2.93 bits per heavy atom. The number of hydrogen-bond donors (Lipinski definition) is 2. The van der Waals surface area contributed by atoms with Crippen molar-refractivity contribution in [1.82, 2.24) is 10.4 Å². The predicted molar refractivity (Wildman–Crippen MR) is 53.6 cm³/mol. The Balaban J connectivity index is 2.65. The van der Waals surface area contributed by atoms with Crippen LogP contribution in [0, 0.1) is 0 Å². The standard InChI is InChI=1S/C9H17N3O3/c1-15-9(14)7-3-2-6-11-12(7)8(13)4-5-10/h7,11H,2-6,10H2,1H3/t7-/m0/s1. The highest BCUT2D eigenvalue weighted by molar-refractivity contribution is 5.84. The first kappa shape index (κ1) is 11.9.